The Balaban J connectivity index is 2.40. The summed E-state index contributed by atoms with van der Waals surface area (Å²) in [6.45, 7) is 3.94. The van der Waals surface area contributed by atoms with Crippen LogP contribution < -0.4 is 10.1 Å². The van der Waals surface area contributed by atoms with Gasteiger partial charge in [0.25, 0.3) is 0 Å². The van der Waals surface area contributed by atoms with Gasteiger partial charge in [0.05, 0.1) is 6.61 Å². The lowest BCUT2D eigenvalue weighted by atomic mass is 10.2. The molecule has 0 fully saturated rings. The molecule has 0 spiro atoms. The summed E-state index contributed by atoms with van der Waals surface area (Å²) in [4.78, 5) is 21.8. The van der Waals surface area contributed by atoms with E-state index in [1.54, 1.807) is 19.1 Å². The number of carbonyl (C=O) groups is 2. The third-order valence-electron chi connectivity index (χ3n) is 2.13. The van der Waals surface area contributed by atoms with Gasteiger partial charge in [0.2, 0.25) is 5.91 Å². The Morgan fingerprint density at radius 3 is 2.44 bits per heavy atom. The second-order valence-corrected chi connectivity index (χ2v) is 3.65. The van der Waals surface area contributed by atoms with Crippen molar-refractivity contribution >= 4 is 11.9 Å². The first-order chi connectivity index (χ1) is 8.61. The zero-order valence-electron chi connectivity index (χ0n) is 10.6. The van der Waals surface area contributed by atoms with Gasteiger partial charge in [0.15, 0.2) is 6.61 Å². The van der Waals surface area contributed by atoms with Crippen molar-refractivity contribution in [1.82, 2.24) is 5.32 Å². The second-order valence-electron chi connectivity index (χ2n) is 3.65. The van der Waals surface area contributed by atoms with Crippen LogP contribution in [0.15, 0.2) is 24.3 Å². The van der Waals surface area contributed by atoms with E-state index in [2.05, 4.69) is 5.32 Å². The maximum Gasteiger partial charge on any atom is 0.344 e. The average molecular weight is 251 g/mol. The Labute approximate surface area is 106 Å². The smallest absolute Gasteiger partial charge is 0.344 e. The summed E-state index contributed by atoms with van der Waals surface area (Å²) < 4.78 is 9.98. The van der Waals surface area contributed by atoms with Crippen molar-refractivity contribution in [2.45, 2.75) is 20.4 Å². The quantitative estimate of drug-likeness (QED) is 0.773. The summed E-state index contributed by atoms with van der Waals surface area (Å²) in [5, 5.41) is 2.69. The molecule has 0 unspecified atom stereocenters. The molecule has 1 aromatic rings. The van der Waals surface area contributed by atoms with Crippen LogP contribution in [0.3, 0.4) is 0 Å². The van der Waals surface area contributed by atoms with Crippen LogP contribution in [0, 0.1) is 0 Å². The molecule has 0 saturated carbocycles. The van der Waals surface area contributed by atoms with Crippen molar-refractivity contribution < 1.29 is 19.1 Å². The fraction of sp³-hybridized carbons (Fsp3) is 0.385. The van der Waals surface area contributed by atoms with Crippen LogP contribution in [0.4, 0.5) is 0 Å². The van der Waals surface area contributed by atoms with Crippen molar-refractivity contribution in [2.24, 2.45) is 0 Å². The molecule has 0 aliphatic rings. The van der Waals surface area contributed by atoms with Gasteiger partial charge in [-0.15, -0.1) is 0 Å². The molecular weight excluding hydrogens is 234 g/mol. The highest BCUT2D eigenvalue weighted by Crippen LogP contribution is 2.12. The summed E-state index contributed by atoms with van der Waals surface area (Å²) >= 11 is 0. The molecule has 0 aliphatic carbocycles. The Hall–Kier alpha value is -2.04. The van der Waals surface area contributed by atoms with E-state index in [1.807, 2.05) is 12.1 Å². The number of amides is 1. The maximum atomic E-state index is 11.1. The average Bonchev–Trinajstić information content (AvgIpc) is 2.35. The van der Waals surface area contributed by atoms with Gasteiger partial charge >= 0.3 is 5.97 Å². The zero-order valence-corrected chi connectivity index (χ0v) is 10.6. The number of ether oxygens (including phenoxy) is 2. The third-order valence-corrected chi connectivity index (χ3v) is 2.13. The van der Waals surface area contributed by atoms with Gasteiger partial charge in [0.1, 0.15) is 5.75 Å². The summed E-state index contributed by atoms with van der Waals surface area (Å²) in [5.74, 6) is 0.132. The SMILES string of the molecule is CCOC(=O)COc1ccc(CNC(C)=O)cc1. The minimum absolute atomic E-state index is 0.0716. The number of rotatable bonds is 6. The highest BCUT2D eigenvalue weighted by molar-refractivity contribution is 5.72. The molecule has 5 heteroatoms. The fourth-order valence-corrected chi connectivity index (χ4v) is 1.27. The highest BCUT2D eigenvalue weighted by Gasteiger charge is 2.03. The maximum absolute atomic E-state index is 11.1. The summed E-state index contributed by atoms with van der Waals surface area (Å²) in [7, 11) is 0. The van der Waals surface area contributed by atoms with Gasteiger partial charge in [-0.1, -0.05) is 12.1 Å². The lowest BCUT2D eigenvalue weighted by molar-refractivity contribution is -0.145. The van der Waals surface area contributed by atoms with E-state index < -0.39 is 0 Å². The lowest BCUT2D eigenvalue weighted by Crippen LogP contribution is -2.18. The molecule has 98 valence electrons. The fourth-order valence-electron chi connectivity index (χ4n) is 1.27. The molecule has 1 aromatic carbocycles. The topological polar surface area (TPSA) is 64.6 Å². The standard InChI is InChI=1S/C13H17NO4/c1-3-17-13(16)9-18-12-6-4-11(5-7-12)8-14-10(2)15/h4-7H,3,8-9H2,1-2H3,(H,14,15). The van der Waals surface area contributed by atoms with Crippen LogP contribution in [0.5, 0.6) is 5.75 Å². The molecular formula is C13H17NO4. The van der Waals surface area contributed by atoms with Gasteiger partial charge in [-0.2, -0.15) is 0 Å². The third kappa shape index (κ3) is 5.34. The molecule has 0 atom stereocenters. The van der Waals surface area contributed by atoms with E-state index in [1.165, 1.54) is 6.92 Å². The number of benzene rings is 1. The Morgan fingerprint density at radius 1 is 1.22 bits per heavy atom. The van der Waals surface area contributed by atoms with E-state index in [0.717, 1.165) is 5.56 Å². The molecule has 0 heterocycles. The molecule has 18 heavy (non-hydrogen) atoms. The second kappa shape index (κ2) is 7.32. The first kappa shape index (κ1) is 14.0. The number of esters is 1. The molecule has 0 radical (unpaired) electrons. The summed E-state index contributed by atoms with van der Waals surface area (Å²) in [6, 6.07) is 7.15. The minimum atomic E-state index is -0.389. The Morgan fingerprint density at radius 2 is 1.89 bits per heavy atom. The van der Waals surface area contributed by atoms with Crippen LogP contribution in [-0.2, 0) is 20.9 Å². The number of carbonyl (C=O) groups excluding carboxylic acids is 2. The Kier molecular flexibility index (Phi) is 5.70. The normalized spacial score (nSPS) is 9.67. The molecule has 0 aromatic heterocycles. The first-order valence-electron chi connectivity index (χ1n) is 5.73. The van der Waals surface area contributed by atoms with Crippen LogP contribution in [-0.4, -0.2) is 25.1 Å². The molecule has 1 amide bonds. The molecule has 0 aliphatic heterocycles. The molecule has 5 nitrogen and oxygen atoms in total. The van der Waals surface area contributed by atoms with Crippen molar-refractivity contribution in [2.75, 3.05) is 13.2 Å². The van der Waals surface area contributed by atoms with Gasteiger partial charge < -0.3 is 14.8 Å². The lowest BCUT2D eigenvalue weighted by Gasteiger charge is -2.07. The van der Waals surface area contributed by atoms with Gasteiger partial charge in [-0.3, -0.25) is 4.79 Å². The van der Waals surface area contributed by atoms with Crippen LogP contribution in [0.25, 0.3) is 0 Å². The summed E-state index contributed by atoms with van der Waals surface area (Å²) in [5.41, 5.74) is 0.966. The van der Waals surface area contributed by atoms with Gasteiger partial charge in [0, 0.05) is 13.5 Å². The highest BCUT2D eigenvalue weighted by atomic mass is 16.6. The van der Waals surface area contributed by atoms with Crippen molar-refractivity contribution in [3.63, 3.8) is 0 Å². The van der Waals surface area contributed by atoms with Crippen molar-refractivity contribution in [3.05, 3.63) is 29.8 Å². The first-order valence-corrected chi connectivity index (χ1v) is 5.73. The minimum Gasteiger partial charge on any atom is -0.482 e. The Bertz CT molecular complexity index is 400. The van der Waals surface area contributed by atoms with Crippen molar-refractivity contribution in [3.8, 4) is 5.75 Å². The zero-order chi connectivity index (χ0) is 13.4. The molecule has 0 bridgehead atoms. The van der Waals surface area contributed by atoms with E-state index >= 15 is 0 Å². The van der Waals surface area contributed by atoms with Gasteiger partial charge in [-0.25, -0.2) is 4.79 Å². The van der Waals surface area contributed by atoms with Crippen LogP contribution in [0.1, 0.15) is 19.4 Å². The van der Waals surface area contributed by atoms with E-state index in [4.69, 9.17) is 9.47 Å². The molecule has 0 saturated heterocycles. The largest absolute Gasteiger partial charge is 0.482 e. The monoisotopic (exact) mass is 251 g/mol. The molecule has 1 N–H and O–H groups in total. The van der Waals surface area contributed by atoms with E-state index in [9.17, 15) is 9.59 Å². The number of hydrogen-bond acceptors (Lipinski definition) is 4. The predicted octanol–water partition coefficient (Wildman–Crippen LogP) is 1.26. The van der Waals surface area contributed by atoms with Crippen molar-refractivity contribution in [1.29, 1.82) is 0 Å². The predicted molar refractivity (Wildman–Crippen MR) is 66.1 cm³/mol. The van der Waals surface area contributed by atoms with Crippen LogP contribution >= 0.6 is 0 Å². The number of hydrogen-bond donors (Lipinski definition) is 1. The molecule has 1 rings (SSSR count). The van der Waals surface area contributed by atoms with Crippen LogP contribution in [0.2, 0.25) is 0 Å². The summed E-state index contributed by atoms with van der Waals surface area (Å²) in [6.07, 6.45) is 0. The van der Waals surface area contributed by atoms with E-state index in [0.29, 0.717) is 18.9 Å². The van der Waals surface area contributed by atoms with Gasteiger partial charge in [-0.05, 0) is 24.6 Å². The van der Waals surface area contributed by atoms with E-state index in [-0.39, 0.29) is 18.5 Å². The number of nitrogens with one attached hydrogen (secondary N) is 1.